The molecule has 122 valence electrons. The third-order valence-electron chi connectivity index (χ3n) is 3.57. The predicted molar refractivity (Wildman–Crippen MR) is 81.6 cm³/mol. The Bertz CT molecular complexity index is 307. The standard InChI is InChI=1S/C15H32O4S.Na/c1-2-3-9-12-15(16)13-10-7-5-4-6-8-11-14-20(17,18)19;/h15-16H,2-14H2,1H3,(H,17,18,19);/q;+1/p-1. The molecular formula is C15H31NaO4S. The molecule has 0 aromatic heterocycles. The van der Waals surface area contributed by atoms with Gasteiger partial charge in [-0.25, -0.2) is 8.42 Å². The molecule has 0 fully saturated rings. The zero-order valence-electron chi connectivity index (χ0n) is 13.8. The summed E-state index contributed by atoms with van der Waals surface area (Å²) in [6.07, 6.45) is 11.9. The van der Waals surface area contributed by atoms with E-state index in [9.17, 15) is 18.1 Å². The van der Waals surface area contributed by atoms with Gasteiger partial charge in [-0.2, -0.15) is 0 Å². The molecule has 0 aromatic carbocycles. The molecule has 0 spiro atoms. The minimum Gasteiger partial charge on any atom is -0.748 e. The van der Waals surface area contributed by atoms with Gasteiger partial charge in [-0.05, 0) is 19.3 Å². The van der Waals surface area contributed by atoms with Gasteiger partial charge in [-0.3, -0.25) is 0 Å². The molecule has 0 bridgehead atoms. The van der Waals surface area contributed by atoms with Crippen molar-refractivity contribution in [2.75, 3.05) is 5.75 Å². The van der Waals surface area contributed by atoms with Crippen molar-refractivity contribution >= 4 is 10.1 Å². The van der Waals surface area contributed by atoms with E-state index in [1.165, 1.54) is 12.8 Å². The summed E-state index contributed by atoms with van der Waals surface area (Å²) in [5.74, 6) is -0.225. The monoisotopic (exact) mass is 330 g/mol. The van der Waals surface area contributed by atoms with Gasteiger partial charge in [-0.1, -0.05) is 64.7 Å². The fraction of sp³-hybridized carbons (Fsp3) is 1.00. The summed E-state index contributed by atoms with van der Waals surface area (Å²) in [6, 6.07) is 0. The van der Waals surface area contributed by atoms with E-state index >= 15 is 0 Å². The SMILES string of the molecule is CCCCCC(O)CCCCCCCCCS(=O)(=O)[O-].[Na+]. The van der Waals surface area contributed by atoms with Gasteiger partial charge in [0.1, 0.15) is 0 Å². The van der Waals surface area contributed by atoms with E-state index in [0.717, 1.165) is 57.8 Å². The molecule has 1 unspecified atom stereocenters. The van der Waals surface area contributed by atoms with Crippen LogP contribution >= 0.6 is 0 Å². The van der Waals surface area contributed by atoms with Crippen molar-refractivity contribution in [1.82, 2.24) is 0 Å². The summed E-state index contributed by atoms with van der Waals surface area (Å²) in [5, 5.41) is 9.74. The van der Waals surface area contributed by atoms with E-state index in [0.29, 0.717) is 6.42 Å². The Morgan fingerprint density at radius 3 is 1.76 bits per heavy atom. The second-order valence-electron chi connectivity index (χ2n) is 5.67. The van der Waals surface area contributed by atoms with E-state index in [-0.39, 0.29) is 41.4 Å². The molecular weight excluding hydrogens is 299 g/mol. The Morgan fingerprint density at radius 1 is 0.857 bits per heavy atom. The second-order valence-corrected chi connectivity index (χ2v) is 7.20. The summed E-state index contributed by atoms with van der Waals surface area (Å²) >= 11 is 0. The Labute approximate surface area is 153 Å². The Balaban J connectivity index is 0. The van der Waals surface area contributed by atoms with Gasteiger partial charge in [0.15, 0.2) is 0 Å². The van der Waals surface area contributed by atoms with Crippen LogP contribution in [0.5, 0.6) is 0 Å². The summed E-state index contributed by atoms with van der Waals surface area (Å²) in [6.45, 7) is 2.17. The molecule has 0 heterocycles. The Kier molecular flexibility index (Phi) is 18.1. The number of aliphatic hydroxyl groups excluding tert-OH is 1. The minimum absolute atomic E-state index is 0. The molecule has 0 amide bonds. The first kappa shape index (κ1) is 24.1. The van der Waals surface area contributed by atoms with Crippen molar-refractivity contribution in [3.63, 3.8) is 0 Å². The van der Waals surface area contributed by atoms with Crippen LogP contribution in [0.2, 0.25) is 0 Å². The van der Waals surface area contributed by atoms with E-state index in [1.807, 2.05) is 0 Å². The van der Waals surface area contributed by atoms with Crippen LogP contribution in [-0.4, -0.2) is 29.9 Å². The van der Waals surface area contributed by atoms with E-state index in [2.05, 4.69) is 6.92 Å². The molecule has 1 N–H and O–H groups in total. The number of unbranched alkanes of at least 4 members (excludes halogenated alkanes) is 8. The molecule has 1 atom stereocenters. The van der Waals surface area contributed by atoms with Gasteiger partial charge in [0.05, 0.1) is 16.2 Å². The molecule has 0 radical (unpaired) electrons. The maximum atomic E-state index is 10.4. The maximum Gasteiger partial charge on any atom is 1.00 e. The number of hydrogen-bond acceptors (Lipinski definition) is 4. The molecule has 0 aliphatic rings. The van der Waals surface area contributed by atoms with Crippen molar-refractivity contribution in [3.05, 3.63) is 0 Å². The topological polar surface area (TPSA) is 77.4 Å². The number of rotatable bonds is 14. The third kappa shape index (κ3) is 20.9. The quantitative estimate of drug-likeness (QED) is 0.287. The second kappa shape index (κ2) is 15.8. The molecule has 0 aliphatic heterocycles. The van der Waals surface area contributed by atoms with Crippen LogP contribution in [-0.2, 0) is 10.1 Å². The largest absolute Gasteiger partial charge is 1.00 e. The smallest absolute Gasteiger partial charge is 0.748 e. The fourth-order valence-electron chi connectivity index (χ4n) is 2.32. The van der Waals surface area contributed by atoms with Crippen LogP contribution in [0.4, 0.5) is 0 Å². The van der Waals surface area contributed by atoms with Crippen molar-refractivity contribution < 1.29 is 47.6 Å². The van der Waals surface area contributed by atoms with Gasteiger partial charge >= 0.3 is 29.6 Å². The zero-order chi connectivity index (χ0) is 15.3. The van der Waals surface area contributed by atoms with Gasteiger partial charge in [0, 0.05) is 5.75 Å². The van der Waals surface area contributed by atoms with E-state index < -0.39 is 10.1 Å². The Morgan fingerprint density at radius 2 is 1.29 bits per heavy atom. The van der Waals surface area contributed by atoms with Crippen LogP contribution in [0.25, 0.3) is 0 Å². The normalized spacial score (nSPS) is 12.9. The average Bonchev–Trinajstić information content (AvgIpc) is 2.36. The van der Waals surface area contributed by atoms with Crippen molar-refractivity contribution in [2.24, 2.45) is 0 Å². The van der Waals surface area contributed by atoms with Crippen LogP contribution in [0, 0.1) is 0 Å². The number of hydrogen-bond donors (Lipinski definition) is 1. The zero-order valence-corrected chi connectivity index (χ0v) is 16.7. The average molecular weight is 330 g/mol. The summed E-state index contributed by atoms with van der Waals surface area (Å²) in [5.41, 5.74) is 0. The van der Waals surface area contributed by atoms with Gasteiger partial charge in [0.2, 0.25) is 0 Å². The van der Waals surface area contributed by atoms with E-state index in [4.69, 9.17) is 0 Å². The van der Waals surface area contributed by atoms with Crippen molar-refractivity contribution in [2.45, 2.75) is 90.1 Å². The van der Waals surface area contributed by atoms with E-state index in [1.54, 1.807) is 0 Å². The van der Waals surface area contributed by atoms with Gasteiger partial charge in [0.25, 0.3) is 0 Å². The van der Waals surface area contributed by atoms with Gasteiger partial charge in [-0.15, -0.1) is 0 Å². The van der Waals surface area contributed by atoms with Crippen molar-refractivity contribution in [1.29, 1.82) is 0 Å². The third-order valence-corrected chi connectivity index (χ3v) is 4.36. The summed E-state index contributed by atoms with van der Waals surface area (Å²) < 4.78 is 31.2. The molecule has 0 saturated carbocycles. The minimum atomic E-state index is -4.02. The summed E-state index contributed by atoms with van der Waals surface area (Å²) in [7, 11) is -4.02. The predicted octanol–water partition coefficient (Wildman–Crippen LogP) is 0.598. The van der Waals surface area contributed by atoms with Gasteiger partial charge < -0.3 is 9.66 Å². The first-order valence-corrected chi connectivity index (χ1v) is 9.65. The molecule has 0 rings (SSSR count). The summed E-state index contributed by atoms with van der Waals surface area (Å²) in [4.78, 5) is 0. The molecule has 6 heteroatoms. The number of aliphatic hydroxyl groups is 1. The van der Waals surface area contributed by atoms with Crippen LogP contribution in [0.1, 0.15) is 84.0 Å². The van der Waals surface area contributed by atoms with Crippen LogP contribution < -0.4 is 29.6 Å². The molecule has 21 heavy (non-hydrogen) atoms. The molecule has 0 aromatic rings. The molecule has 4 nitrogen and oxygen atoms in total. The first-order valence-electron chi connectivity index (χ1n) is 8.07. The maximum absolute atomic E-state index is 10.4. The van der Waals surface area contributed by atoms with Crippen LogP contribution in [0.15, 0.2) is 0 Å². The van der Waals surface area contributed by atoms with Crippen molar-refractivity contribution in [3.8, 4) is 0 Å². The van der Waals surface area contributed by atoms with Crippen LogP contribution in [0.3, 0.4) is 0 Å². The first-order chi connectivity index (χ1) is 9.45. The fourth-order valence-corrected chi connectivity index (χ4v) is 2.87. The molecule has 0 aliphatic carbocycles. The molecule has 0 saturated heterocycles. The Hall–Kier alpha value is 0.870.